The van der Waals surface area contributed by atoms with Gasteiger partial charge in [-0.1, -0.05) is 74.5 Å². The summed E-state index contributed by atoms with van der Waals surface area (Å²) in [6, 6.07) is 2.82. The molecule has 2 aromatic rings. The Labute approximate surface area is 414 Å². The first-order chi connectivity index (χ1) is 33.7. The molecule has 2 rings (SSSR count). The Hall–Kier alpha value is -7.96. The summed E-state index contributed by atoms with van der Waals surface area (Å²) in [6.07, 6.45) is -3.95. The van der Waals surface area contributed by atoms with Crippen molar-refractivity contribution in [3.63, 3.8) is 0 Å². The minimum Gasteiger partial charge on any atom is -0.481 e. The lowest BCUT2D eigenvalue weighted by Gasteiger charge is -2.28. The third-order valence-corrected chi connectivity index (χ3v) is 10.6. The molecule has 0 aliphatic carbocycles. The van der Waals surface area contributed by atoms with E-state index in [1.54, 1.807) is 74.5 Å². The number of carbonyl (C=O) groups is 12. The van der Waals surface area contributed by atoms with E-state index in [1.165, 1.54) is 27.7 Å². The normalized spacial score (nSPS) is 15.1. The van der Waals surface area contributed by atoms with Gasteiger partial charge in [0.2, 0.25) is 53.2 Å². The number of carbonyl (C=O) groups excluding carboxylic acids is 9. The molecular formula is C47H65N9O16. The number of hydrogen-bond acceptors (Lipinski definition) is 13. The lowest BCUT2D eigenvalue weighted by molar-refractivity contribution is -0.142. The summed E-state index contributed by atoms with van der Waals surface area (Å²) in [6.45, 7) is 9.26. The molecule has 13 N–H and O–H groups in total. The topological polar surface area (TPSA) is 394 Å². The van der Waals surface area contributed by atoms with Crippen LogP contribution in [-0.4, -0.2) is 152 Å². The number of hydrogen-bond donors (Lipinski definition) is 13. The van der Waals surface area contributed by atoms with Gasteiger partial charge in [-0.25, -0.2) is 0 Å². The van der Waals surface area contributed by atoms with Crippen molar-refractivity contribution >= 4 is 71.1 Å². The highest BCUT2D eigenvalue weighted by Gasteiger charge is 2.36. The maximum Gasteiger partial charge on any atom is 0.325 e. The Morgan fingerprint density at radius 2 is 0.764 bits per heavy atom. The van der Waals surface area contributed by atoms with Gasteiger partial charge in [0.05, 0.1) is 18.9 Å². The Morgan fingerprint density at radius 1 is 0.417 bits per heavy atom. The summed E-state index contributed by atoms with van der Waals surface area (Å²) >= 11 is 0. The first-order valence-corrected chi connectivity index (χ1v) is 22.8. The predicted octanol–water partition coefficient (Wildman–Crippen LogP) is -2.62. The third-order valence-electron chi connectivity index (χ3n) is 10.6. The number of nitrogens with one attached hydrogen (secondary N) is 9. The molecule has 0 heterocycles. The van der Waals surface area contributed by atoms with Crippen LogP contribution in [-0.2, 0) is 70.4 Å². The summed E-state index contributed by atoms with van der Waals surface area (Å²) in [5, 5.41) is 59.9. The van der Waals surface area contributed by atoms with Crippen LogP contribution in [0.15, 0.2) is 60.7 Å². The van der Waals surface area contributed by atoms with Crippen LogP contribution in [0.5, 0.6) is 0 Å². The molecular weight excluding hydrogens is 947 g/mol. The van der Waals surface area contributed by atoms with E-state index >= 15 is 0 Å². The molecule has 25 heteroatoms. The van der Waals surface area contributed by atoms with Gasteiger partial charge >= 0.3 is 17.9 Å². The molecule has 72 heavy (non-hydrogen) atoms. The van der Waals surface area contributed by atoms with Crippen molar-refractivity contribution < 1.29 is 78.0 Å². The molecule has 10 atom stereocenters. The van der Waals surface area contributed by atoms with Gasteiger partial charge in [-0.3, -0.25) is 57.5 Å². The van der Waals surface area contributed by atoms with Crippen LogP contribution < -0.4 is 47.9 Å². The van der Waals surface area contributed by atoms with Crippen molar-refractivity contribution in [1.82, 2.24) is 47.9 Å². The van der Waals surface area contributed by atoms with Crippen LogP contribution in [0.1, 0.15) is 78.9 Å². The van der Waals surface area contributed by atoms with Gasteiger partial charge < -0.3 is 68.3 Å². The molecule has 9 amide bonds. The molecule has 0 radical (unpaired) electrons. The molecule has 0 saturated heterocycles. The van der Waals surface area contributed by atoms with E-state index in [4.69, 9.17) is 5.11 Å². The van der Waals surface area contributed by atoms with Gasteiger partial charge in [-0.15, -0.1) is 0 Å². The first kappa shape index (κ1) is 60.2. The zero-order valence-corrected chi connectivity index (χ0v) is 40.8. The SMILES string of the molecule is CC(=O)N[C@@H](Cc1ccccc1)C(=O)N[C@H](C(=O)N[C@@H](CC(C)C)C(=O)N[C@@H](CC(=O)O)C(=O)N[C@@H](C)C(=O)N[C@@H](CC(=O)O)C(=O)N[C@@H](Cc1ccccc1)C(=O)N[C@@H](C)C(=O)N[C@@H](C)C(=O)O)[C@H](C)O. The number of rotatable bonds is 29. The average Bonchev–Trinajstić information content (AvgIpc) is 3.29. The summed E-state index contributed by atoms with van der Waals surface area (Å²) < 4.78 is 0. The molecule has 0 saturated carbocycles. The molecule has 0 unspecified atom stereocenters. The summed E-state index contributed by atoms with van der Waals surface area (Å²) in [7, 11) is 0. The lowest BCUT2D eigenvalue weighted by atomic mass is 10.0. The van der Waals surface area contributed by atoms with Gasteiger partial charge in [0.25, 0.3) is 0 Å². The number of aliphatic carboxylic acids is 3. The van der Waals surface area contributed by atoms with Crippen LogP contribution in [0.3, 0.4) is 0 Å². The van der Waals surface area contributed by atoms with Gasteiger partial charge in [0, 0.05) is 19.8 Å². The second-order valence-electron chi connectivity index (χ2n) is 17.5. The monoisotopic (exact) mass is 1010 g/mol. The smallest absolute Gasteiger partial charge is 0.325 e. The van der Waals surface area contributed by atoms with E-state index in [1.807, 2.05) is 0 Å². The quantitative estimate of drug-likeness (QED) is 0.0397. The molecule has 0 aliphatic rings. The molecule has 0 fully saturated rings. The maximum atomic E-state index is 13.8. The van der Waals surface area contributed by atoms with Crippen molar-refractivity contribution in [1.29, 1.82) is 0 Å². The zero-order chi connectivity index (χ0) is 54.4. The molecule has 0 spiro atoms. The van der Waals surface area contributed by atoms with E-state index in [2.05, 4.69) is 47.9 Å². The van der Waals surface area contributed by atoms with E-state index in [9.17, 15) is 72.9 Å². The van der Waals surface area contributed by atoms with E-state index in [0.717, 1.165) is 6.92 Å². The Bertz CT molecular complexity index is 2260. The average molecular weight is 1010 g/mol. The summed E-state index contributed by atoms with van der Waals surface area (Å²) in [4.78, 5) is 155. The largest absolute Gasteiger partial charge is 0.481 e. The van der Waals surface area contributed by atoms with Crippen molar-refractivity contribution in [2.75, 3.05) is 0 Å². The van der Waals surface area contributed by atoms with Crippen molar-refractivity contribution in [3.05, 3.63) is 71.8 Å². The zero-order valence-electron chi connectivity index (χ0n) is 40.8. The number of carboxylic acids is 3. The van der Waals surface area contributed by atoms with Crippen LogP contribution in [0.25, 0.3) is 0 Å². The highest BCUT2D eigenvalue weighted by Crippen LogP contribution is 2.11. The highest BCUT2D eigenvalue weighted by molar-refractivity contribution is 5.99. The number of benzene rings is 2. The van der Waals surface area contributed by atoms with E-state index < -0.39 is 144 Å². The molecule has 394 valence electrons. The van der Waals surface area contributed by atoms with Crippen molar-refractivity contribution in [3.8, 4) is 0 Å². The van der Waals surface area contributed by atoms with Crippen LogP contribution >= 0.6 is 0 Å². The van der Waals surface area contributed by atoms with Gasteiger partial charge in [0.1, 0.15) is 54.4 Å². The van der Waals surface area contributed by atoms with E-state index in [0.29, 0.717) is 11.1 Å². The fourth-order valence-electron chi connectivity index (χ4n) is 6.76. The molecule has 0 aromatic heterocycles. The maximum absolute atomic E-state index is 13.8. The standard InChI is InChI=1S/C47H65N9O16/c1-23(2)18-31(55-46(70)38(27(6)57)56-45(69)32(51-28(7)58)19-29-14-10-8-11-15-29)43(67)54-34(21-36(59)60)42(66)49-25(4)40(64)52-35(22-37(61)62)44(68)53-33(20-30-16-12-9-13-17-30)41(65)48-24(3)39(63)50-26(5)47(71)72/h8-17,23-27,31-35,38,57H,18-22H2,1-7H3,(H,48,65)(H,49,66)(H,50,63)(H,51,58)(H,52,64)(H,53,68)(H,54,67)(H,55,70)(H,56,69)(H,59,60)(H,61,62)(H,71,72)/t24-,25-,26-,27-,31-,32-,33-,34-,35-,38-/m0/s1. The van der Waals surface area contributed by atoms with Crippen molar-refractivity contribution in [2.24, 2.45) is 5.92 Å². The summed E-state index contributed by atoms with van der Waals surface area (Å²) in [5.41, 5.74) is 1.17. The highest BCUT2D eigenvalue weighted by atomic mass is 16.4. The minimum atomic E-state index is -1.91. The Balaban J connectivity index is 2.27. The molecule has 0 bridgehead atoms. The predicted molar refractivity (Wildman–Crippen MR) is 254 cm³/mol. The van der Waals surface area contributed by atoms with Crippen LogP contribution in [0.4, 0.5) is 0 Å². The van der Waals surface area contributed by atoms with Gasteiger partial charge in [0.15, 0.2) is 0 Å². The van der Waals surface area contributed by atoms with E-state index in [-0.39, 0.29) is 25.2 Å². The second-order valence-corrected chi connectivity index (χ2v) is 17.5. The first-order valence-electron chi connectivity index (χ1n) is 22.8. The molecule has 0 aliphatic heterocycles. The van der Waals surface area contributed by atoms with Gasteiger partial charge in [-0.05, 0) is 51.2 Å². The number of carboxylic acid groups (broad SMARTS) is 3. The number of amides is 9. The summed E-state index contributed by atoms with van der Waals surface area (Å²) in [5.74, 6) is -13.8. The minimum absolute atomic E-state index is 0.0170. The molecule has 25 nitrogen and oxygen atoms in total. The number of aliphatic hydroxyl groups is 1. The molecule has 2 aromatic carbocycles. The Kier molecular flexibility index (Phi) is 24.5. The van der Waals surface area contributed by atoms with Crippen LogP contribution in [0, 0.1) is 5.92 Å². The third kappa shape index (κ3) is 21.4. The van der Waals surface area contributed by atoms with Crippen LogP contribution in [0.2, 0.25) is 0 Å². The second kappa shape index (κ2) is 29.3. The van der Waals surface area contributed by atoms with Gasteiger partial charge in [-0.2, -0.15) is 0 Å². The fourth-order valence-corrected chi connectivity index (χ4v) is 6.76. The number of aliphatic hydroxyl groups excluding tert-OH is 1. The van der Waals surface area contributed by atoms with Crippen molar-refractivity contribution in [2.45, 2.75) is 141 Å². The Morgan fingerprint density at radius 3 is 1.18 bits per heavy atom. The lowest BCUT2D eigenvalue weighted by Crippen LogP contribution is -2.61. The fraction of sp³-hybridized carbons (Fsp3) is 0.489.